The molecule has 0 N–H and O–H groups in total. The number of aliphatic carboxylic acids is 2. The first kappa shape index (κ1) is 30.9. The molecule has 0 amide bonds. The summed E-state index contributed by atoms with van der Waals surface area (Å²) in [6.07, 6.45) is 10.1. The smallest absolute Gasteiger partial charge is 0.549 e. The number of unbranched alkanes of at least 4 members (excludes halogenated alkanes) is 7. The summed E-state index contributed by atoms with van der Waals surface area (Å²) in [5.74, 6) is -3.33. The fourth-order valence-electron chi connectivity index (χ4n) is 3.45. The van der Waals surface area contributed by atoms with E-state index in [-0.39, 0.29) is 76.7 Å². The Balaban J connectivity index is -0.00000242. The molecule has 6 heteroatoms. The van der Waals surface area contributed by atoms with Gasteiger partial charge in [-0.3, -0.25) is 0 Å². The van der Waals surface area contributed by atoms with Crippen molar-refractivity contribution in [2.24, 2.45) is 11.3 Å². The summed E-state index contributed by atoms with van der Waals surface area (Å²) >= 11 is 0. The largest absolute Gasteiger partial charge is 1.00 e. The molecular weight excluding hydrogens is 338 g/mol. The number of rotatable bonds is 15. The summed E-state index contributed by atoms with van der Waals surface area (Å²) in [6, 6.07) is 0. The third kappa shape index (κ3) is 10.9. The predicted octanol–water partition coefficient (Wildman–Crippen LogP) is -3.16. The van der Waals surface area contributed by atoms with Gasteiger partial charge in [-0.15, -0.1) is 0 Å². The standard InChI is InChI=1S/C19H36O4.K.Li/c1-4-7-9-10-11-13-15-19(17(20)21,18(22)23)16(6-3)14-12-8-5-2;;/h16H,4-15H2,1-3H3,(H,20,21)(H,22,23);;/q;2*+1/p-2. The number of carboxylic acid groups (broad SMARTS) is 2. The first-order valence-corrected chi connectivity index (χ1v) is 9.40. The van der Waals surface area contributed by atoms with Crippen LogP contribution in [0.15, 0.2) is 0 Å². The van der Waals surface area contributed by atoms with Crippen LogP contribution < -0.4 is 80.5 Å². The molecule has 0 fully saturated rings. The minimum absolute atomic E-state index is 0. The van der Waals surface area contributed by atoms with E-state index < -0.39 is 23.3 Å². The van der Waals surface area contributed by atoms with E-state index in [4.69, 9.17) is 0 Å². The van der Waals surface area contributed by atoms with Crippen LogP contribution >= 0.6 is 0 Å². The second kappa shape index (κ2) is 18.5. The average molecular weight is 373 g/mol. The van der Waals surface area contributed by atoms with E-state index in [0.717, 1.165) is 44.9 Å². The maximum absolute atomic E-state index is 11.7. The Morgan fingerprint density at radius 3 is 1.68 bits per heavy atom. The number of carbonyl (C=O) groups excluding carboxylic acids is 2. The molecule has 0 heterocycles. The van der Waals surface area contributed by atoms with Crippen molar-refractivity contribution in [2.45, 2.75) is 97.8 Å². The van der Waals surface area contributed by atoms with Gasteiger partial charge in [0.15, 0.2) is 0 Å². The van der Waals surface area contributed by atoms with Crippen LogP contribution in [0.4, 0.5) is 0 Å². The van der Waals surface area contributed by atoms with Gasteiger partial charge in [-0.1, -0.05) is 85.0 Å². The van der Waals surface area contributed by atoms with Crippen molar-refractivity contribution in [3.8, 4) is 0 Å². The Morgan fingerprint density at radius 1 is 0.800 bits per heavy atom. The van der Waals surface area contributed by atoms with Gasteiger partial charge in [-0.2, -0.15) is 0 Å². The molecular formula is C19H34KLiO4. The molecule has 0 aliphatic heterocycles. The summed E-state index contributed by atoms with van der Waals surface area (Å²) < 4.78 is 0. The van der Waals surface area contributed by atoms with E-state index in [1.807, 2.05) is 6.92 Å². The van der Waals surface area contributed by atoms with E-state index in [1.165, 1.54) is 6.42 Å². The van der Waals surface area contributed by atoms with Crippen molar-refractivity contribution in [2.75, 3.05) is 0 Å². The molecule has 0 aliphatic rings. The van der Waals surface area contributed by atoms with E-state index in [9.17, 15) is 19.8 Å². The Morgan fingerprint density at radius 2 is 1.24 bits per heavy atom. The number of hydrogen-bond acceptors (Lipinski definition) is 4. The van der Waals surface area contributed by atoms with Crippen LogP contribution in [0.1, 0.15) is 97.8 Å². The molecule has 4 nitrogen and oxygen atoms in total. The van der Waals surface area contributed by atoms with Crippen molar-refractivity contribution in [1.29, 1.82) is 0 Å². The zero-order valence-corrected chi connectivity index (χ0v) is 20.3. The fourth-order valence-corrected chi connectivity index (χ4v) is 3.45. The molecule has 0 spiro atoms. The van der Waals surface area contributed by atoms with Gasteiger partial charge in [0.2, 0.25) is 0 Å². The minimum atomic E-state index is -1.83. The molecule has 0 saturated heterocycles. The van der Waals surface area contributed by atoms with Gasteiger partial charge < -0.3 is 19.8 Å². The van der Waals surface area contributed by atoms with Crippen molar-refractivity contribution < 1.29 is 90.0 Å². The third-order valence-electron chi connectivity index (χ3n) is 5.00. The molecule has 0 saturated carbocycles. The molecule has 0 aliphatic carbocycles. The molecule has 0 bridgehead atoms. The third-order valence-corrected chi connectivity index (χ3v) is 5.00. The Kier molecular flexibility index (Phi) is 22.9. The van der Waals surface area contributed by atoms with Gasteiger partial charge in [0.1, 0.15) is 0 Å². The van der Waals surface area contributed by atoms with Gasteiger partial charge in [-0.05, 0) is 18.8 Å². The van der Waals surface area contributed by atoms with Crippen LogP contribution in [-0.4, -0.2) is 11.9 Å². The maximum Gasteiger partial charge on any atom is 1.00 e. The topological polar surface area (TPSA) is 80.3 Å². The molecule has 0 aromatic rings. The van der Waals surface area contributed by atoms with E-state index >= 15 is 0 Å². The first-order valence-electron chi connectivity index (χ1n) is 9.40. The monoisotopic (exact) mass is 372 g/mol. The normalized spacial score (nSPS) is 12.0. The molecule has 0 aromatic heterocycles. The minimum Gasteiger partial charge on any atom is -0.549 e. The van der Waals surface area contributed by atoms with Crippen LogP contribution in [-0.2, 0) is 9.59 Å². The first-order chi connectivity index (χ1) is 11.0. The Hall–Kier alpha value is 1.17. The summed E-state index contributed by atoms with van der Waals surface area (Å²) in [6.45, 7) is 6.07. The predicted molar refractivity (Wildman–Crippen MR) is 88.4 cm³/mol. The van der Waals surface area contributed by atoms with Crippen molar-refractivity contribution >= 4 is 11.9 Å². The summed E-state index contributed by atoms with van der Waals surface area (Å²) in [5, 5.41) is 23.5. The average Bonchev–Trinajstić information content (AvgIpc) is 2.51. The van der Waals surface area contributed by atoms with Gasteiger partial charge in [0, 0.05) is 0 Å². The summed E-state index contributed by atoms with van der Waals surface area (Å²) in [4.78, 5) is 23.5. The molecule has 0 aromatic carbocycles. The van der Waals surface area contributed by atoms with Crippen molar-refractivity contribution in [3.05, 3.63) is 0 Å². The zero-order chi connectivity index (χ0) is 17.7. The molecule has 1 atom stereocenters. The van der Waals surface area contributed by atoms with Crippen LogP contribution in [0, 0.1) is 11.3 Å². The van der Waals surface area contributed by atoms with Crippen molar-refractivity contribution in [3.63, 3.8) is 0 Å². The molecule has 25 heavy (non-hydrogen) atoms. The van der Waals surface area contributed by atoms with E-state index in [0.29, 0.717) is 19.3 Å². The Bertz CT molecular complexity index is 336. The molecule has 1 unspecified atom stereocenters. The number of hydrogen-bond donors (Lipinski definition) is 0. The summed E-state index contributed by atoms with van der Waals surface area (Å²) in [5.41, 5.74) is -1.83. The van der Waals surface area contributed by atoms with E-state index in [1.54, 1.807) is 0 Å². The van der Waals surface area contributed by atoms with Gasteiger partial charge >= 0.3 is 70.2 Å². The fraction of sp³-hybridized carbons (Fsp3) is 0.895. The second-order valence-corrected chi connectivity index (χ2v) is 6.66. The SMILES string of the molecule is CCCCCCCCC(C(=O)[O-])(C(=O)[O-])C(CC)CCCCC.[K+].[Li+]. The van der Waals surface area contributed by atoms with Gasteiger partial charge in [-0.25, -0.2) is 0 Å². The maximum atomic E-state index is 11.7. The Labute approximate surface area is 208 Å². The number of carbonyl (C=O) groups is 2. The molecule has 136 valence electrons. The van der Waals surface area contributed by atoms with Gasteiger partial charge in [0.25, 0.3) is 0 Å². The van der Waals surface area contributed by atoms with Gasteiger partial charge in [0.05, 0.1) is 17.4 Å². The molecule has 0 radical (unpaired) electrons. The van der Waals surface area contributed by atoms with Crippen LogP contribution in [0.5, 0.6) is 0 Å². The molecule has 0 rings (SSSR count). The van der Waals surface area contributed by atoms with Crippen molar-refractivity contribution in [1.82, 2.24) is 0 Å². The zero-order valence-electron chi connectivity index (χ0n) is 17.2. The van der Waals surface area contributed by atoms with E-state index in [2.05, 4.69) is 13.8 Å². The quantitative estimate of drug-likeness (QED) is 0.173. The summed E-state index contributed by atoms with van der Waals surface area (Å²) in [7, 11) is 0. The van der Waals surface area contributed by atoms with Crippen LogP contribution in [0.2, 0.25) is 0 Å². The second-order valence-electron chi connectivity index (χ2n) is 6.66. The number of carboxylic acids is 2. The van der Waals surface area contributed by atoms with Crippen LogP contribution in [0.25, 0.3) is 0 Å². The van der Waals surface area contributed by atoms with Crippen LogP contribution in [0.3, 0.4) is 0 Å².